The van der Waals surface area contributed by atoms with Crippen molar-refractivity contribution in [1.29, 1.82) is 0 Å². The molecule has 0 amide bonds. The van der Waals surface area contributed by atoms with Crippen molar-refractivity contribution in [2.45, 2.75) is 44.7 Å². The second kappa shape index (κ2) is 5.41. The minimum Gasteiger partial charge on any atom is -0.381 e. The van der Waals surface area contributed by atoms with E-state index in [9.17, 15) is 0 Å². The van der Waals surface area contributed by atoms with E-state index < -0.39 is 0 Å². The van der Waals surface area contributed by atoms with Gasteiger partial charge >= 0.3 is 0 Å². The second-order valence-electron chi connectivity index (χ2n) is 5.80. The van der Waals surface area contributed by atoms with E-state index in [2.05, 4.69) is 36.5 Å². The Morgan fingerprint density at radius 2 is 2.06 bits per heavy atom. The fourth-order valence-electron chi connectivity index (χ4n) is 2.91. The van der Waals surface area contributed by atoms with Gasteiger partial charge in [-0.05, 0) is 42.2 Å². The highest BCUT2D eigenvalue weighted by atomic mass is 16.5. The SMILES string of the molecule is CC1COCCC1NCc1ccccc1C1CC1. The molecule has 0 aromatic heterocycles. The van der Waals surface area contributed by atoms with Gasteiger partial charge in [-0.3, -0.25) is 0 Å². The Kier molecular flexibility index (Phi) is 3.67. The highest BCUT2D eigenvalue weighted by Crippen LogP contribution is 2.41. The average Bonchev–Trinajstić information content (AvgIpc) is 3.23. The molecule has 1 aliphatic carbocycles. The van der Waals surface area contributed by atoms with Crippen LogP contribution in [0.4, 0.5) is 0 Å². The molecular weight excluding hydrogens is 222 g/mol. The molecule has 0 radical (unpaired) electrons. The van der Waals surface area contributed by atoms with Crippen LogP contribution in [0.1, 0.15) is 43.2 Å². The maximum absolute atomic E-state index is 5.50. The van der Waals surface area contributed by atoms with Crippen LogP contribution >= 0.6 is 0 Å². The number of ether oxygens (including phenoxy) is 1. The summed E-state index contributed by atoms with van der Waals surface area (Å²) >= 11 is 0. The monoisotopic (exact) mass is 245 g/mol. The van der Waals surface area contributed by atoms with Gasteiger partial charge in [0.15, 0.2) is 0 Å². The summed E-state index contributed by atoms with van der Waals surface area (Å²) in [5, 5.41) is 3.73. The van der Waals surface area contributed by atoms with Crippen LogP contribution in [0, 0.1) is 5.92 Å². The van der Waals surface area contributed by atoms with Crippen LogP contribution in [0.5, 0.6) is 0 Å². The van der Waals surface area contributed by atoms with E-state index in [4.69, 9.17) is 4.74 Å². The lowest BCUT2D eigenvalue weighted by Gasteiger charge is -2.30. The van der Waals surface area contributed by atoms with Crippen molar-refractivity contribution < 1.29 is 4.74 Å². The minimum atomic E-state index is 0.617. The number of nitrogens with one attached hydrogen (secondary N) is 1. The van der Waals surface area contributed by atoms with Crippen molar-refractivity contribution in [3.8, 4) is 0 Å². The average molecular weight is 245 g/mol. The van der Waals surface area contributed by atoms with Gasteiger partial charge in [0.25, 0.3) is 0 Å². The quantitative estimate of drug-likeness (QED) is 0.880. The first-order valence-corrected chi connectivity index (χ1v) is 7.23. The molecule has 2 nitrogen and oxygen atoms in total. The van der Waals surface area contributed by atoms with Crippen molar-refractivity contribution in [2.24, 2.45) is 5.92 Å². The molecule has 2 atom stereocenters. The molecule has 1 aromatic carbocycles. The topological polar surface area (TPSA) is 21.3 Å². The van der Waals surface area contributed by atoms with Crippen molar-refractivity contribution in [3.05, 3.63) is 35.4 Å². The van der Waals surface area contributed by atoms with Crippen LogP contribution in [-0.4, -0.2) is 19.3 Å². The Balaban J connectivity index is 1.62. The standard InChI is InChI=1S/C16H23NO/c1-12-11-18-9-8-16(12)17-10-14-4-2-3-5-15(14)13-6-7-13/h2-5,12-13,16-17H,6-11H2,1H3. The van der Waals surface area contributed by atoms with Crippen molar-refractivity contribution in [2.75, 3.05) is 13.2 Å². The molecule has 1 heterocycles. The molecule has 1 aromatic rings. The Morgan fingerprint density at radius 3 is 2.83 bits per heavy atom. The van der Waals surface area contributed by atoms with Crippen LogP contribution in [0.15, 0.2) is 24.3 Å². The largest absolute Gasteiger partial charge is 0.381 e. The van der Waals surface area contributed by atoms with E-state index in [0.717, 1.165) is 32.1 Å². The summed E-state index contributed by atoms with van der Waals surface area (Å²) in [7, 11) is 0. The Hall–Kier alpha value is -0.860. The van der Waals surface area contributed by atoms with Crippen LogP contribution in [0.3, 0.4) is 0 Å². The lowest BCUT2D eigenvalue weighted by Crippen LogP contribution is -2.41. The van der Waals surface area contributed by atoms with Gasteiger partial charge in [-0.15, -0.1) is 0 Å². The molecule has 1 saturated carbocycles. The molecule has 0 spiro atoms. The molecule has 0 bridgehead atoms. The summed E-state index contributed by atoms with van der Waals surface area (Å²) in [4.78, 5) is 0. The molecule has 1 N–H and O–H groups in total. The Morgan fingerprint density at radius 1 is 1.22 bits per heavy atom. The Bertz CT molecular complexity index is 400. The summed E-state index contributed by atoms with van der Waals surface area (Å²) in [6.45, 7) is 5.11. The second-order valence-corrected chi connectivity index (χ2v) is 5.80. The lowest BCUT2D eigenvalue weighted by molar-refractivity contribution is 0.0386. The zero-order valence-corrected chi connectivity index (χ0v) is 11.2. The van der Waals surface area contributed by atoms with Gasteiger partial charge in [0.1, 0.15) is 0 Å². The molecule has 98 valence electrons. The fourth-order valence-corrected chi connectivity index (χ4v) is 2.91. The van der Waals surface area contributed by atoms with Gasteiger partial charge in [0, 0.05) is 19.2 Å². The van der Waals surface area contributed by atoms with Gasteiger partial charge in [0.05, 0.1) is 6.61 Å². The lowest BCUT2D eigenvalue weighted by atomic mass is 9.96. The van der Waals surface area contributed by atoms with Crippen molar-refractivity contribution in [3.63, 3.8) is 0 Å². The molecule has 1 aliphatic heterocycles. The fraction of sp³-hybridized carbons (Fsp3) is 0.625. The van der Waals surface area contributed by atoms with E-state index in [1.807, 2.05) is 0 Å². The molecule has 2 heteroatoms. The first-order valence-electron chi connectivity index (χ1n) is 7.23. The molecule has 18 heavy (non-hydrogen) atoms. The van der Waals surface area contributed by atoms with Crippen LogP contribution in [0.2, 0.25) is 0 Å². The third kappa shape index (κ3) is 2.76. The highest BCUT2D eigenvalue weighted by molar-refractivity contribution is 5.33. The molecule has 1 saturated heterocycles. The van der Waals surface area contributed by atoms with E-state index in [1.165, 1.54) is 18.4 Å². The van der Waals surface area contributed by atoms with Gasteiger partial charge in [-0.25, -0.2) is 0 Å². The van der Waals surface area contributed by atoms with Gasteiger partial charge in [0.2, 0.25) is 0 Å². The normalized spacial score (nSPS) is 28.3. The summed E-state index contributed by atoms with van der Waals surface area (Å²) < 4.78 is 5.50. The number of hydrogen-bond donors (Lipinski definition) is 1. The number of hydrogen-bond acceptors (Lipinski definition) is 2. The molecule has 2 aliphatic rings. The summed E-state index contributed by atoms with van der Waals surface area (Å²) in [5.41, 5.74) is 3.07. The van der Waals surface area contributed by atoms with Crippen LogP contribution < -0.4 is 5.32 Å². The third-order valence-electron chi connectivity index (χ3n) is 4.27. The summed E-state index contributed by atoms with van der Waals surface area (Å²) in [6, 6.07) is 9.54. The summed E-state index contributed by atoms with van der Waals surface area (Å²) in [5.74, 6) is 1.47. The zero-order chi connectivity index (χ0) is 12.4. The van der Waals surface area contributed by atoms with E-state index >= 15 is 0 Å². The molecule has 2 fully saturated rings. The van der Waals surface area contributed by atoms with Gasteiger partial charge in [-0.2, -0.15) is 0 Å². The Labute approximate surface area is 110 Å². The first-order chi connectivity index (χ1) is 8.84. The third-order valence-corrected chi connectivity index (χ3v) is 4.27. The zero-order valence-electron chi connectivity index (χ0n) is 11.2. The van der Waals surface area contributed by atoms with Crippen LogP contribution in [0.25, 0.3) is 0 Å². The predicted octanol–water partition coefficient (Wildman–Crippen LogP) is 3.08. The van der Waals surface area contributed by atoms with Gasteiger partial charge in [-0.1, -0.05) is 31.2 Å². The molecule has 3 rings (SSSR count). The molecule has 2 unspecified atom stereocenters. The van der Waals surface area contributed by atoms with Crippen molar-refractivity contribution in [1.82, 2.24) is 5.32 Å². The maximum atomic E-state index is 5.50. The highest BCUT2D eigenvalue weighted by Gasteiger charge is 2.26. The summed E-state index contributed by atoms with van der Waals surface area (Å²) in [6.07, 6.45) is 3.90. The van der Waals surface area contributed by atoms with Gasteiger partial charge < -0.3 is 10.1 Å². The van der Waals surface area contributed by atoms with Crippen molar-refractivity contribution >= 4 is 0 Å². The van der Waals surface area contributed by atoms with E-state index in [0.29, 0.717) is 12.0 Å². The first kappa shape index (κ1) is 12.2. The number of benzene rings is 1. The maximum Gasteiger partial charge on any atom is 0.0506 e. The predicted molar refractivity (Wildman–Crippen MR) is 73.6 cm³/mol. The molecular formula is C16H23NO. The van der Waals surface area contributed by atoms with E-state index in [-0.39, 0.29) is 0 Å². The minimum absolute atomic E-state index is 0.617. The van der Waals surface area contributed by atoms with E-state index in [1.54, 1.807) is 5.56 Å². The number of rotatable bonds is 4. The smallest absolute Gasteiger partial charge is 0.0506 e. The van der Waals surface area contributed by atoms with Crippen LogP contribution in [-0.2, 0) is 11.3 Å².